The first-order valence-electron chi connectivity index (χ1n) is 4.75. The van der Waals surface area contributed by atoms with Crippen molar-refractivity contribution < 1.29 is 4.39 Å². The van der Waals surface area contributed by atoms with Crippen molar-refractivity contribution in [2.24, 2.45) is 5.73 Å². The van der Waals surface area contributed by atoms with Crippen LogP contribution >= 0.6 is 27.3 Å². The first-order chi connectivity index (χ1) is 7.68. The van der Waals surface area contributed by atoms with Gasteiger partial charge in [-0.3, -0.25) is 4.98 Å². The topological polar surface area (TPSA) is 38.9 Å². The molecule has 1 atom stereocenters. The molecule has 2 N–H and O–H groups in total. The third kappa shape index (κ3) is 2.48. The number of rotatable bonds is 3. The zero-order chi connectivity index (χ0) is 11.5. The fraction of sp³-hybridized carbons (Fsp3) is 0.182. The summed E-state index contributed by atoms with van der Waals surface area (Å²) in [6.07, 6.45) is 3.37. The second kappa shape index (κ2) is 5.03. The molecule has 0 aliphatic heterocycles. The molecular weight excluding hydrogens is 291 g/mol. The second-order valence-electron chi connectivity index (χ2n) is 3.40. The molecule has 16 heavy (non-hydrogen) atoms. The highest BCUT2D eigenvalue weighted by molar-refractivity contribution is 9.10. The minimum absolute atomic E-state index is 0.335. The number of halogens is 2. The van der Waals surface area contributed by atoms with Crippen LogP contribution in [0.25, 0.3) is 0 Å². The molecule has 5 heteroatoms. The summed E-state index contributed by atoms with van der Waals surface area (Å²) in [4.78, 5) is 4.83. The number of nitrogens with two attached hydrogens (primary N) is 1. The predicted octanol–water partition coefficient (Wildman–Crippen LogP) is 3.29. The zero-order valence-corrected chi connectivity index (χ0v) is 10.8. The molecule has 0 fully saturated rings. The Labute approximate surface area is 105 Å². The maximum Gasteiger partial charge on any atom is 0.146 e. The summed E-state index contributed by atoms with van der Waals surface area (Å²) in [6, 6.07) is 3.26. The van der Waals surface area contributed by atoms with E-state index in [1.165, 1.54) is 6.20 Å². The molecule has 2 rings (SSSR count). The minimum atomic E-state index is -0.345. The Balaban J connectivity index is 2.18. The standard InChI is InChI=1S/C11H10BrFN2S/c12-8-2-4-16-11(8)5-10(14)7-1-3-15-6-9(7)13/h1-4,6,10H,5,14H2. The van der Waals surface area contributed by atoms with Crippen molar-refractivity contribution >= 4 is 27.3 Å². The van der Waals surface area contributed by atoms with E-state index in [0.717, 1.165) is 9.35 Å². The van der Waals surface area contributed by atoms with Crippen LogP contribution in [0.4, 0.5) is 4.39 Å². The first kappa shape index (κ1) is 11.7. The highest BCUT2D eigenvalue weighted by atomic mass is 79.9. The maximum absolute atomic E-state index is 13.4. The summed E-state index contributed by atoms with van der Waals surface area (Å²) in [5, 5.41) is 1.98. The Morgan fingerprint density at radius 1 is 1.50 bits per heavy atom. The lowest BCUT2D eigenvalue weighted by Crippen LogP contribution is -2.14. The van der Waals surface area contributed by atoms with Gasteiger partial charge in [-0.25, -0.2) is 4.39 Å². The Morgan fingerprint density at radius 2 is 2.31 bits per heavy atom. The maximum atomic E-state index is 13.4. The monoisotopic (exact) mass is 300 g/mol. The average molecular weight is 301 g/mol. The van der Waals surface area contributed by atoms with Crippen molar-refractivity contribution in [2.75, 3.05) is 0 Å². The van der Waals surface area contributed by atoms with Crippen molar-refractivity contribution in [1.82, 2.24) is 4.98 Å². The molecule has 1 unspecified atom stereocenters. The van der Waals surface area contributed by atoms with E-state index in [-0.39, 0.29) is 11.9 Å². The quantitative estimate of drug-likeness (QED) is 0.945. The third-order valence-electron chi connectivity index (χ3n) is 2.30. The molecule has 2 heterocycles. The normalized spacial score (nSPS) is 12.7. The third-order valence-corrected chi connectivity index (χ3v) is 4.25. The van der Waals surface area contributed by atoms with Crippen LogP contribution in [0.3, 0.4) is 0 Å². The molecule has 2 aromatic rings. The number of hydrogen-bond donors (Lipinski definition) is 1. The number of aromatic nitrogens is 1. The van der Waals surface area contributed by atoms with Gasteiger partial charge in [0.2, 0.25) is 0 Å². The van der Waals surface area contributed by atoms with E-state index in [2.05, 4.69) is 20.9 Å². The van der Waals surface area contributed by atoms with Gasteiger partial charge in [-0.05, 0) is 33.4 Å². The molecule has 2 aromatic heterocycles. The summed E-state index contributed by atoms with van der Waals surface area (Å²) < 4.78 is 14.4. The lowest BCUT2D eigenvalue weighted by molar-refractivity contribution is 0.575. The number of thiophene rings is 1. The molecule has 0 saturated heterocycles. The summed E-state index contributed by atoms with van der Waals surface area (Å²) in [5.74, 6) is -0.345. The Morgan fingerprint density at radius 3 is 2.94 bits per heavy atom. The van der Waals surface area contributed by atoms with Crippen LogP contribution in [-0.2, 0) is 6.42 Å². The van der Waals surface area contributed by atoms with Crippen LogP contribution < -0.4 is 5.73 Å². The van der Waals surface area contributed by atoms with Crippen molar-refractivity contribution in [2.45, 2.75) is 12.5 Å². The molecule has 0 aliphatic rings. The van der Waals surface area contributed by atoms with E-state index in [0.29, 0.717) is 12.0 Å². The van der Waals surface area contributed by atoms with Crippen molar-refractivity contribution in [3.05, 3.63) is 50.6 Å². The molecular formula is C11H10BrFN2S. The van der Waals surface area contributed by atoms with Gasteiger partial charge < -0.3 is 5.73 Å². The van der Waals surface area contributed by atoms with Gasteiger partial charge in [0, 0.05) is 33.6 Å². The molecule has 0 aromatic carbocycles. The van der Waals surface area contributed by atoms with E-state index < -0.39 is 0 Å². The van der Waals surface area contributed by atoms with E-state index in [4.69, 9.17) is 5.73 Å². The Hall–Kier alpha value is -0.780. The second-order valence-corrected chi connectivity index (χ2v) is 5.25. The largest absolute Gasteiger partial charge is 0.324 e. The predicted molar refractivity (Wildman–Crippen MR) is 66.8 cm³/mol. The SMILES string of the molecule is NC(Cc1sccc1Br)c1ccncc1F. The molecule has 0 saturated carbocycles. The van der Waals surface area contributed by atoms with Crippen LogP contribution in [0.5, 0.6) is 0 Å². The lowest BCUT2D eigenvalue weighted by atomic mass is 10.1. The van der Waals surface area contributed by atoms with Crippen molar-refractivity contribution in [1.29, 1.82) is 0 Å². The molecule has 0 amide bonds. The molecule has 0 radical (unpaired) electrons. The Kier molecular flexibility index (Phi) is 3.68. The van der Waals surface area contributed by atoms with Gasteiger partial charge in [0.05, 0.1) is 6.20 Å². The van der Waals surface area contributed by atoms with Crippen LogP contribution in [-0.4, -0.2) is 4.98 Å². The zero-order valence-electron chi connectivity index (χ0n) is 8.36. The van der Waals surface area contributed by atoms with E-state index in [1.807, 2.05) is 11.4 Å². The summed E-state index contributed by atoms with van der Waals surface area (Å²) in [7, 11) is 0. The summed E-state index contributed by atoms with van der Waals surface area (Å²) >= 11 is 5.05. The van der Waals surface area contributed by atoms with Gasteiger partial charge >= 0.3 is 0 Å². The number of nitrogens with zero attached hydrogens (tertiary/aromatic N) is 1. The van der Waals surface area contributed by atoms with Gasteiger partial charge in [-0.15, -0.1) is 11.3 Å². The smallest absolute Gasteiger partial charge is 0.146 e. The molecule has 0 bridgehead atoms. The Bertz CT molecular complexity index is 486. The van der Waals surface area contributed by atoms with Crippen LogP contribution in [0.1, 0.15) is 16.5 Å². The van der Waals surface area contributed by atoms with Crippen LogP contribution in [0.2, 0.25) is 0 Å². The number of pyridine rings is 1. The molecule has 2 nitrogen and oxygen atoms in total. The van der Waals surface area contributed by atoms with Gasteiger partial charge in [0.15, 0.2) is 0 Å². The fourth-order valence-electron chi connectivity index (χ4n) is 1.47. The average Bonchev–Trinajstić information content (AvgIpc) is 2.65. The minimum Gasteiger partial charge on any atom is -0.324 e. The van der Waals surface area contributed by atoms with E-state index >= 15 is 0 Å². The van der Waals surface area contributed by atoms with Gasteiger partial charge in [-0.2, -0.15) is 0 Å². The van der Waals surface area contributed by atoms with Crippen LogP contribution in [0.15, 0.2) is 34.4 Å². The van der Waals surface area contributed by atoms with E-state index in [9.17, 15) is 4.39 Å². The summed E-state index contributed by atoms with van der Waals surface area (Å²) in [6.45, 7) is 0. The molecule has 0 aliphatic carbocycles. The van der Waals surface area contributed by atoms with E-state index in [1.54, 1.807) is 23.6 Å². The van der Waals surface area contributed by atoms with Crippen molar-refractivity contribution in [3.63, 3.8) is 0 Å². The van der Waals surface area contributed by atoms with Crippen LogP contribution in [0, 0.1) is 5.82 Å². The highest BCUT2D eigenvalue weighted by Gasteiger charge is 2.13. The molecule has 84 valence electrons. The highest BCUT2D eigenvalue weighted by Crippen LogP contribution is 2.27. The van der Waals surface area contributed by atoms with Gasteiger partial charge in [0.1, 0.15) is 5.82 Å². The number of hydrogen-bond acceptors (Lipinski definition) is 3. The van der Waals surface area contributed by atoms with Gasteiger partial charge in [0.25, 0.3) is 0 Å². The first-order valence-corrected chi connectivity index (χ1v) is 6.42. The molecule has 0 spiro atoms. The summed E-state index contributed by atoms with van der Waals surface area (Å²) in [5.41, 5.74) is 6.48. The lowest BCUT2D eigenvalue weighted by Gasteiger charge is -2.11. The fourth-order valence-corrected chi connectivity index (χ4v) is 3.04. The van der Waals surface area contributed by atoms with Crippen molar-refractivity contribution in [3.8, 4) is 0 Å². The van der Waals surface area contributed by atoms with Gasteiger partial charge in [-0.1, -0.05) is 0 Å².